The Bertz CT molecular complexity index is 987. The first-order chi connectivity index (χ1) is 11.0. The number of rotatable bonds is 2. The van der Waals surface area contributed by atoms with Crippen LogP contribution in [0.15, 0.2) is 58.3 Å². The van der Waals surface area contributed by atoms with Crippen LogP contribution >= 0.6 is 0 Å². The van der Waals surface area contributed by atoms with Crippen molar-refractivity contribution in [1.82, 2.24) is 4.57 Å². The fourth-order valence-corrected chi connectivity index (χ4v) is 2.63. The van der Waals surface area contributed by atoms with E-state index >= 15 is 0 Å². The quantitative estimate of drug-likeness (QED) is 0.564. The standard InChI is InChI=1S/C18H17N3O2/c1-11(20-14-9-5-4-8-13(14)19)16-17(22)12-7-3-6-10-15(12)21(2)18(16)23/h3-10,22H,19H2,1-2H3. The molecule has 0 fully saturated rings. The number of anilines is 1. The molecule has 0 amide bonds. The summed E-state index contributed by atoms with van der Waals surface area (Å²) >= 11 is 0. The minimum absolute atomic E-state index is 0.0561. The summed E-state index contributed by atoms with van der Waals surface area (Å²) in [4.78, 5) is 17.0. The Kier molecular flexibility index (Phi) is 3.62. The molecule has 116 valence electrons. The van der Waals surface area contributed by atoms with Crippen molar-refractivity contribution < 1.29 is 5.11 Å². The number of aryl methyl sites for hydroxylation is 1. The number of aliphatic imine (C=N–C) groups is 1. The Morgan fingerprint density at radius 2 is 1.78 bits per heavy atom. The predicted molar refractivity (Wildman–Crippen MR) is 93.6 cm³/mol. The summed E-state index contributed by atoms with van der Waals surface area (Å²) in [6.07, 6.45) is 0. The molecule has 2 aromatic carbocycles. The fourth-order valence-electron chi connectivity index (χ4n) is 2.63. The summed E-state index contributed by atoms with van der Waals surface area (Å²) in [5.74, 6) is -0.0561. The van der Waals surface area contributed by atoms with Crippen LogP contribution in [-0.2, 0) is 7.05 Å². The highest BCUT2D eigenvalue weighted by Gasteiger charge is 2.16. The molecule has 3 rings (SSSR count). The maximum absolute atomic E-state index is 12.6. The summed E-state index contributed by atoms with van der Waals surface area (Å²) in [6.45, 7) is 1.69. The SMILES string of the molecule is CC(=Nc1ccccc1N)c1c(O)c2ccccc2n(C)c1=O. The van der Waals surface area contributed by atoms with Gasteiger partial charge >= 0.3 is 0 Å². The number of nitrogen functional groups attached to an aromatic ring is 1. The monoisotopic (exact) mass is 307 g/mol. The Hall–Kier alpha value is -3.08. The van der Waals surface area contributed by atoms with Gasteiger partial charge in [0.15, 0.2) is 0 Å². The van der Waals surface area contributed by atoms with Gasteiger partial charge in [0.05, 0.1) is 22.6 Å². The van der Waals surface area contributed by atoms with Crippen molar-refractivity contribution in [2.75, 3.05) is 5.73 Å². The third-order valence-corrected chi connectivity index (χ3v) is 3.86. The van der Waals surface area contributed by atoms with Gasteiger partial charge in [-0.1, -0.05) is 24.3 Å². The van der Waals surface area contributed by atoms with Gasteiger partial charge in [0.2, 0.25) is 0 Å². The number of pyridine rings is 1. The minimum Gasteiger partial charge on any atom is -0.506 e. The number of nitrogens with two attached hydrogens (primary N) is 1. The van der Waals surface area contributed by atoms with Gasteiger partial charge in [-0.3, -0.25) is 9.79 Å². The zero-order valence-corrected chi connectivity index (χ0v) is 12.9. The highest BCUT2D eigenvalue weighted by Crippen LogP contribution is 2.28. The van der Waals surface area contributed by atoms with Gasteiger partial charge < -0.3 is 15.4 Å². The molecule has 0 atom stereocenters. The molecule has 0 aliphatic rings. The second kappa shape index (κ2) is 5.61. The Balaban J connectivity index is 2.28. The summed E-state index contributed by atoms with van der Waals surface area (Å²) in [5.41, 5.74) is 7.97. The number of hydrogen-bond acceptors (Lipinski definition) is 4. The van der Waals surface area contributed by atoms with Crippen LogP contribution in [0.4, 0.5) is 11.4 Å². The maximum atomic E-state index is 12.6. The molecule has 0 unspecified atom stereocenters. The van der Waals surface area contributed by atoms with E-state index < -0.39 is 0 Å². The van der Waals surface area contributed by atoms with E-state index in [1.807, 2.05) is 24.3 Å². The number of fused-ring (bicyclic) bond motifs is 1. The summed E-state index contributed by atoms with van der Waals surface area (Å²) < 4.78 is 1.51. The van der Waals surface area contributed by atoms with E-state index in [0.29, 0.717) is 28.0 Å². The second-order valence-corrected chi connectivity index (χ2v) is 5.36. The minimum atomic E-state index is -0.294. The molecule has 0 radical (unpaired) electrons. The molecule has 0 aliphatic carbocycles. The lowest BCUT2D eigenvalue weighted by Crippen LogP contribution is -2.24. The van der Waals surface area contributed by atoms with E-state index in [4.69, 9.17) is 5.73 Å². The van der Waals surface area contributed by atoms with E-state index in [1.54, 1.807) is 38.2 Å². The first-order valence-corrected chi connectivity index (χ1v) is 7.21. The van der Waals surface area contributed by atoms with Crippen molar-refractivity contribution in [1.29, 1.82) is 0 Å². The van der Waals surface area contributed by atoms with Gasteiger partial charge in [0, 0.05) is 12.4 Å². The first-order valence-electron chi connectivity index (χ1n) is 7.21. The third kappa shape index (κ3) is 2.46. The van der Waals surface area contributed by atoms with Crippen LogP contribution in [-0.4, -0.2) is 15.4 Å². The number of aromatic nitrogens is 1. The zero-order valence-electron chi connectivity index (χ0n) is 12.9. The van der Waals surface area contributed by atoms with Crippen LogP contribution in [0, 0.1) is 0 Å². The fraction of sp³-hybridized carbons (Fsp3) is 0.111. The lowest BCUT2D eigenvalue weighted by molar-refractivity contribution is 0.478. The molecule has 1 heterocycles. The van der Waals surface area contributed by atoms with Crippen LogP contribution in [0.3, 0.4) is 0 Å². The van der Waals surface area contributed by atoms with Crippen molar-refractivity contribution in [2.24, 2.45) is 12.0 Å². The van der Waals surface area contributed by atoms with Gasteiger partial charge in [-0.15, -0.1) is 0 Å². The number of hydrogen-bond donors (Lipinski definition) is 2. The predicted octanol–water partition coefficient (Wildman–Crippen LogP) is 2.97. The average Bonchev–Trinajstić information content (AvgIpc) is 2.55. The van der Waals surface area contributed by atoms with Crippen molar-refractivity contribution in [3.05, 3.63) is 64.4 Å². The molecule has 1 aromatic heterocycles. The summed E-state index contributed by atoms with van der Waals surface area (Å²) in [6, 6.07) is 14.4. The van der Waals surface area contributed by atoms with Crippen molar-refractivity contribution >= 4 is 28.0 Å². The van der Waals surface area contributed by atoms with Crippen molar-refractivity contribution in [3.8, 4) is 5.75 Å². The van der Waals surface area contributed by atoms with Crippen molar-refractivity contribution in [2.45, 2.75) is 6.92 Å². The number of nitrogens with zero attached hydrogens (tertiary/aromatic N) is 2. The topological polar surface area (TPSA) is 80.6 Å². The van der Waals surface area contributed by atoms with Gasteiger partial charge in [0.1, 0.15) is 11.3 Å². The Morgan fingerprint density at radius 1 is 1.13 bits per heavy atom. The molecule has 5 nitrogen and oxygen atoms in total. The molecular formula is C18H17N3O2. The van der Waals surface area contributed by atoms with E-state index in [0.717, 1.165) is 0 Å². The third-order valence-electron chi connectivity index (χ3n) is 3.86. The summed E-state index contributed by atoms with van der Waals surface area (Å²) in [7, 11) is 1.68. The first kappa shape index (κ1) is 14.8. The van der Waals surface area contributed by atoms with E-state index in [9.17, 15) is 9.90 Å². The number of aromatic hydroxyl groups is 1. The summed E-state index contributed by atoms with van der Waals surface area (Å²) in [5, 5.41) is 11.2. The zero-order chi connectivity index (χ0) is 16.6. The lowest BCUT2D eigenvalue weighted by atomic mass is 10.1. The highest BCUT2D eigenvalue weighted by atomic mass is 16.3. The molecule has 0 saturated heterocycles. The molecular weight excluding hydrogens is 290 g/mol. The average molecular weight is 307 g/mol. The second-order valence-electron chi connectivity index (χ2n) is 5.36. The van der Waals surface area contributed by atoms with Gasteiger partial charge in [-0.25, -0.2) is 0 Å². The normalized spacial score (nSPS) is 11.8. The van der Waals surface area contributed by atoms with E-state index in [-0.39, 0.29) is 16.9 Å². The smallest absolute Gasteiger partial charge is 0.263 e. The number of para-hydroxylation sites is 3. The van der Waals surface area contributed by atoms with Crippen LogP contribution in [0.5, 0.6) is 5.75 Å². The van der Waals surface area contributed by atoms with E-state index in [1.165, 1.54) is 4.57 Å². The molecule has 0 spiro atoms. The van der Waals surface area contributed by atoms with Gasteiger partial charge in [0.25, 0.3) is 5.56 Å². The highest BCUT2D eigenvalue weighted by molar-refractivity contribution is 6.06. The van der Waals surface area contributed by atoms with Crippen molar-refractivity contribution in [3.63, 3.8) is 0 Å². The molecule has 0 bridgehead atoms. The molecule has 0 saturated carbocycles. The maximum Gasteiger partial charge on any atom is 0.263 e. The molecule has 23 heavy (non-hydrogen) atoms. The van der Waals surface area contributed by atoms with Crippen LogP contribution < -0.4 is 11.3 Å². The van der Waals surface area contributed by atoms with Crippen LogP contribution in [0.1, 0.15) is 12.5 Å². The molecule has 0 aliphatic heterocycles. The van der Waals surface area contributed by atoms with Crippen LogP contribution in [0.25, 0.3) is 10.9 Å². The largest absolute Gasteiger partial charge is 0.506 e. The van der Waals surface area contributed by atoms with Gasteiger partial charge in [-0.05, 0) is 31.2 Å². The van der Waals surface area contributed by atoms with Gasteiger partial charge in [-0.2, -0.15) is 0 Å². The molecule has 3 aromatic rings. The Morgan fingerprint density at radius 3 is 2.52 bits per heavy atom. The lowest BCUT2D eigenvalue weighted by Gasteiger charge is -2.11. The number of benzene rings is 2. The van der Waals surface area contributed by atoms with E-state index in [2.05, 4.69) is 4.99 Å². The molecule has 3 N–H and O–H groups in total. The molecule has 5 heteroatoms. The Labute approximate surface area is 133 Å². The van der Waals surface area contributed by atoms with Crippen LogP contribution in [0.2, 0.25) is 0 Å².